The third kappa shape index (κ3) is 1.89. The third-order valence-corrected chi connectivity index (χ3v) is 4.31. The van der Waals surface area contributed by atoms with Crippen molar-refractivity contribution < 1.29 is 9.53 Å². The van der Waals surface area contributed by atoms with Crippen molar-refractivity contribution >= 4 is 23.4 Å². The van der Waals surface area contributed by atoms with Crippen LogP contribution in [0.25, 0.3) is 0 Å². The molecule has 90 valence electrons. The maximum atomic E-state index is 11.5. The monoisotopic (exact) mass is 251 g/mol. The summed E-state index contributed by atoms with van der Waals surface area (Å²) in [5.41, 5.74) is 1.50. The van der Waals surface area contributed by atoms with Gasteiger partial charge in [0.15, 0.2) is 0 Å². The van der Waals surface area contributed by atoms with Gasteiger partial charge in [0.1, 0.15) is 0 Å². The molecule has 0 bridgehead atoms. The van der Waals surface area contributed by atoms with E-state index in [0.717, 1.165) is 0 Å². The number of amides is 1. The van der Waals surface area contributed by atoms with E-state index in [4.69, 9.17) is 16.3 Å². The lowest BCUT2D eigenvalue weighted by atomic mass is 10.2. The summed E-state index contributed by atoms with van der Waals surface area (Å²) in [7, 11) is 0. The topological polar surface area (TPSA) is 38.3 Å². The molecule has 3 rings (SSSR count). The van der Waals surface area contributed by atoms with Gasteiger partial charge >= 0.3 is 6.09 Å². The zero-order valence-corrected chi connectivity index (χ0v) is 10.4. The summed E-state index contributed by atoms with van der Waals surface area (Å²) in [6.07, 6.45) is 2.02. The van der Waals surface area contributed by atoms with Gasteiger partial charge in [-0.05, 0) is 42.5 Å². The molecule has 1 aromatic carbocycles. The van der Waals surface area contributed by atoms with E-state index >= 15 is 0 Å². The fourth-order valence-electron chi connectivity index (χ4n) is 2.52. The fraction of sp³-hybridized carbons (Fsp3) is 0.462. The van der Waals surface area contributed by atoms with E-state index in [1.54, 1.807) is 24.3 Å². The number of hydrogen-bond acceptors (Lipinski definition) is 2. The van der Waals surface area contributed by atoms with E-state index < -0.39 is 0 Å². The quantitative estimate of drug-likeness (QED) is 0.890. The largest absolute Gasteiger partial charge is 0.449 e. The van der Waals surface area contributed by atoms with Gasteiger partial charge in [0.2, 0.25) is 0 Å². The van der Waals surface area contributed by atoms with Crippen LogP contribution >= 0.6 is 11.6 Å². The Morgan fingerprint density at radius 3 is 2.53 bits per heavy atom. The molecule has 2 saturated carbocycles. The summed E-state index contributed by atoms with van der Waals surface area (Å²) in [5, 5.41) is 3.33. The summed E-state index contributed by atoms with van der Waals surface area (Å²) in [6.45, 7) is 2.79. The lowest BCUT2D eigenvalue weighted by Gasteiger charge is -2.08. The first-order valence-electron chi connectivity index (χ1n) is 5.73. The molecule has 2 aliphatic rings. The zero-order chi connectivity index (χ0) is 12.1. The first-order valence-corrected chi connectivity index (χ1v) is 6.10. The summed E-state index contributed by atoms with van der Waals surface area (Å²) in [6, 6.07) is 6.96. The standard InChI is InChI=1S/C13H14ClNO2/c1-12-6-13(12,7-12)8-17-11(16)15-10-4-2-9(14)3-5-10/h2-5H,6-8H2,1H3,(H,15,16). The van der Waals surface area contributed by atoms with Crippen LogP contribution in [0.5, 0.6) is 0 Å². The van der Waals surface area contributed by atoms with Gasteiger partial charge in [-0.15, -0.1) is 0 Å². The van der Waals surface area contributed by atoms with E-state index in [-0.39, 0.29) is 6.09 Å². The summed E-state index contributed by atoms with van der Waals surface area (Å²) >= 11 is 5.75. The minimum atomic E-state index is -0.386. The van der Waals surface area contributed by atoms with Gasteiger partial charge in [-0.3, -0.25) is 5.32 Å². The first-order chi connectivity index (χ1) is 8.03. The van der Waals surface area contributed by atoms with Crippen molar-refractivity contribution in [2.75, 3.05) is 11.9 Å². The first kappa shape index (κ1) is 10.9. The van der Waals surface area contributed by atoms with Crippen molar-refractivity contribution in [2.45, 2.75) is 19.8 Å². The third-order valence-electron chi connectivity index (χ3n) is 4.06. The molecule has 1 N–H and O–H groups in total. The molecule has 0 unspecified atom stereocenters. The predicted octanol–water partition coefficient (Wildman–Crippen LogP) is 3.69. The van der Waals surface area contributed by atoms with Crippen LogP contribution in [0.15, 0.2) is 24.3 Å². The molecular weight excluding hydrogens is 238 g/mol. The van der Waals surface area contributed by atoms with Crippen LogP contribution in [0.1, 0.15) is 19.8 Å². The number of fused-ring (bicyclic) bond motifs is 1. The average molecular weight is 252 g/mol. The van der Waals surface area contributed by atoms with Crippen LogP contribution in [-0.2, 0) is 4.74 Å². The van der Waals surface area contributed by atoms with Crippen molar-refractivity contribution in [1.82, 2.24) is 0 Å². The number of nitrogens with one attached hydrogen (secondary N) is 1. The van der Waals surface area contributed by atoms with Crippen LogP contribution in [0.2, 0.25) is 5.02 Å². The Morgan fingerprint density at radius 2 is 2.00 bits per heavy atom. The van der Waals surface area contributed by atoms with Gasteiger partial charge < -0.3 is 4.74 Å². The Bertz CT molecular complexity index is 463. The van der Waals surface area contributed by atoms with E-state index in [0.29, 0.717) is 28.1 Å². The van der Waals surface area contributed by atoms with Crippen molar-refractivity contribution in [3.05, 3.63) is 29.3 Å². The number of anilines is 1. The number of benzene rings is 1. The molecule has 4 heteroatoms. The number of halogens is 1. The van der Waals surface area contributed by atoms with Crippen LogP contribution in [0.3, 0.4) is 0 Å². The summed E-state index contributed by atoms with van der Waals surface area (Å²) in [4.78, 5) is 11.5. The number of ether oxygens (including phenoxy) is 1. The van der Waals surface area contributed by atoms with Crippen molar-refractivity contribution in [3.63, 3.8) is 0 Å². The van der Waals surface area contributed by atoms with Crippen molar-refractivity contribution in [1.29, 1.82) is 0 Å². The molecule has 0 heterocycles. The maximum absolute atomic E-state index is 11.5. The number of rotatable bonds is 3. The highest BCUT2D eigenvalue weighted by Crippen LogP contribution is 2.85. The highest BCUT2D eigenvalue weighted by molar-refractivity contribution is 6.30. The molecule has 0 aromatic heterocycles. The molecule has 0 saturated heterocycles. The lowest BCUT2D eigenvalue weighted by molar-refractivity contribution is 0.146. The molecule has 0 atom stereocenters. The van der Waals surface area contributed by atoms with E-state index in [1.807, 2.05) is 0 Å². The van der Waals surface area contributed by atoms with Crippen LogP contribution in [-0.4, -0.2) is 12.7 Å². The molecule has 1 aromatic rings. The van der Waals surface area contributed by atoms with Gasteiger partial charge in [0, 0.05) is 16.1 Å². The minimum Gasteiger partial charge on any atom is -0.449 e. The molecule has 3 nitrogen and oxygen atoms in total. The van der Waals surface area contributed by atoms with E-state index in [9.17, 15) is 4.79 Å². The van der Waals surface area contributed by atoms with Crippen LogP contribution in [0.4, 0.5) is 10.5 Å². The SMILES string of the molecule is CC12CC1(COC(=O)Nc1ccc(Cl)cc1)C2. The van der Waals surface area contributed by atoms with E-state index in [1.165, 1.54) is 12.8 Å². The van der Waals surface area contributed by atoms with Gasteiger partial charge in [-0.2, -0.15) is 0 Å². The molecule has 0 radical (unpaired) electrons. The number of carbonyl (C=O) groups excluding carboxylic acids is 1. The van der Waals surface area contributed by atoms with Crippen molar-refractivity contribution in [3.8, 4) is 0 Å². The molecule has 2 fully saturated rings. The predicted molar refractivity (Wildman–Crippen MR) is 66.2 cm³/mol. The highest BCUT2D eigenvalue weighted by Gasteiger charge is 2.80. The second kappa shape index (κ2) is 3.39. The Kier molecular flexibility index (Phi) is 2.17. The molecule has 1 amide bonds. The smallest absolute Gasteiger partial charge is 0.411 e. The molecule has 17 heavy (non-hydrogen) atoms. The average Bonchev–Trinajstić information content (AvgIpc) is 3.03. The maximum Gasteiger partial charge on any atom is 0.411 e. The summed E-state index contributed by atoms with van der Waals surface area (Å²) in [5.74, 6) is 0. The second-order valence-electron chi connectivity index (χ2n) is 5.40. The number of hydrogen-bond donors (Lipinski definition) is 1. The summed E-state index contributed by atoms with van der Waals surface area (Å²) < 4.78 is 5.23. The second-order valence-corrected chi connectivity index (χ2v) is 5.84. The highest BCUT2D eigenvalue weighted by atomic mass is 35.5. The van der Waals surface area contributed by atoms with Crippen LogP contribution < -0.4 is 5.32 Å². The normalized spacial score (nSPS) is 32.6. The van der Waals surface area contributed by atoms with Gasteiger partial charge in [0.25, 0.3) is 0 Å². The Morgan fingerprint density at radius 1 is 1.41 bits per heavy atom. The van der Waals surface area contributed by atoms with E-state index in [2.05, 4.69) is 12.2 Å². The van der Waals surface area contributed by atoms with Crippen molar-refractivity contribution in [2.24, 2.45) is 10.8 Å². The molecule has 2 aliphatic carbocycles. The van der Waals surface area contributed by atoms with Gasteiger partial charge in [-0.1, -0.05) is 18.5 Å². The molecule has 0 spiro atoms. The van der Waals surface area contributed by atoms with Gasteiger partial charge in [-0.25, -0.2) is 4.79 Å². The fourth-order valence-corrected chi connectivity index (χ4v) is 2.65. The Hall–Kier alpha value is -1.22. The van der Waals surface area contributed by atoms with Crippen LogP contribution in [0, 0.1) is 10.8 Å². The Balaban J connectivity index is 1.49. The zero-order valence-electron chi connectivity index (χ0n) is 9.63. The Labute approximate surface area is 105 Å². The van der Waals surface area contributed by atoms with Gasteiger partial charge in [0.05, 0.1) is 6.61 Å². The molecular formula is C13H14ClNO2. The minimum absolute atomic E-state index is 0.324. The lowest BCUT2D eigenvalue weighted by Crippen LogP contribution is -2.16. The molecule has 0 aliphatic heterocycles. The number of carbonyl (C=O) groups is 1.